The SMILES string of the molecule is COc1c(C(=O)Cl)[nH]c(OC(F)(F)F)cc1=O. The number of carbonyl (C=O) groups excluding carboxylic acids is 1. The van der Waals surface area contributed by atoms with Crippen LogP contribution in [-0.2, 0) is 0 Å². The van der Waals surface area contributed by atoms with Gasteiger partial charge in [-0.25, -0.2) is 0 Å². The summed E-state index contributed by atoms with van der Waals surface area (Å²) in [5, 5.41) is -1.17. The van der Waals surface area contributed by atoms with Gasteiger partial charge in [0.05, 0.1) is 13.2 Å². The molecule has 17 heavy (non-hydrogen) atoms. The molecule has 0 fully saturated rings. The molecule has 9 heteroatoms. The average molecular weight is 272 g/mol. The van der Waals surface area contributed by atoms with Gasteiger partial charge in [0, 0.05) is 0 Å². The Morgan fingerprint density at radius 1 is 1.47 bits per heavy atom. The molecule has 94 valence electrons. The van der Waals surface area contributed by atoms with E-state index in [-0.39, 0.29) is 0 Å². The molecule has 5 nitrogen and oxygen atoms in total. The van der Waals surface area contributed by atoms with E-state index in [0.29, 0.717) is 6.07 Å². The van der Waals surface area contributed by atoms with Gasteiger partial charge in [0.2, 0.25) is 11.3 Å². The summed E-state index contributed by atoms with van der Waals surface area (Å²) in [6.45, 7) is 0. The van der Waals surface area contributed by atoms with Crippen LogP contribution >= 0.6 is 11.6 Å². The summed E-state index contributed by atoms with van der Waals surface area (Å²) in [5.41, 5.74) is -1.57. The summed E-state index contributed by atoms with van der Waals surface area (Å²) in [7, 11) is 1.07. The molecule has 0 aliphatic carbocycles. The van der Waals surface area contributed by atoms with Crippen LogP contribution in [0.2, 0.25) is 0 Å². The van der Waals surface area contributed by atoms with Gasteiger partial charge in [0.25, 0.3) is 5.24 Å². The largest absolute Gasteiger partial charge is 0.574 e. The number of aromatic nitrogens is 1. The molecule has 1 N–H and O–H groups in total. The summed E-state index contributed by atoms with van der Waals surface area (Å²) in [6, 6.07) is 0.496. The van der Waals surface area contributed by atoms with Crippen molar-refractivity contribution in [1.29, 1.82) is 0 Å². The van der Waals surface area contributed by atoms with Crippen molar-refractivity contribution in [2.45, 2.75) is 6.36 Å². The zero-order chi connectivity index (χ0) is 13.2. The van der Waals surface area contributed by atoms with Crippen LogP contribution in [0, 0.1) is 0 Å². The number of ether oxygens (including phenoxy) is 2. The van der Waals surface area contributed by atoms with E-state index < -0.39 is 34.4 Å². The normalized spacial score (nSPS) is 11.1. The highest BCUT2D eigenvalue weighted by Crippen LogP contribution is 2.22. The Balaban J connectivity index is 3.30. The second-order valence-electron chi connectivity index (χ2n) is 2.73. The third-order valence-electron chi connectivity index (χ3n) is 1.59. The smallest absolute Gasteiger partial charge is 0.491 e. The number of hydrogen-bond acceptors (Lipinski definition) is 4. The van der Waals surface area contributed by atoms with Gasteiger partial charge in [0.1, 0.15) is 5.69 Å². The maximum Gasteiger partial charge on any atom is 0.574 e. The number of pyridine rings is 1. The fraction of sp³-hybridized carbons (Fsp3) is 0.250. The van der Waals surface area contributed by atoms with E-state index in [9.17, 15) is 22.8 Å². The number of alkyl halides is 3. The van der Waals surface area contributed by atoms with Crippen molar-refractivity contribution < 1.29 is 27.4 Å². The van der Waals surface area contributed by atoms with Crippen LogP contribution in [0.15, 0.2) is 10.9 Å². The highest BCUT2D eigenvalue weighted by Gasteiger charge is 2.32. The van der Waals surface area contributed by atoms with Gasteiger partial charge >= 0.3 is 6.36 Å². The Bertz CT molecular complexity index is 497. The third kappa shape index (κ3) is 3.38. The fourth-order valence-electron chi connectivity index (χ4n) is 1.04. The number of aromatic amines is 1. The van der Waals surface area contributed by atoms with Crippen LogP contribution < -0.4 is 14.9 Å². The van der Waals surface area contributed by atoms with Crippen LogP contribution in [0.1, 0.15) is 10.5 Å². The Hall–Kier alpha value is -1.70. The minimum Gasteiger partial charge on any atom is -0.491 e. The van der Waals surface area contributed by atoms with Crippen molar-refractivity contribution in [2.75, 3.05) is 7.11 Å². The minimum absolute atomic E-state index is 0.487. The lowest BCUT2D eigenvalue weighted by Gasteiger charge is -2.10. The van der Waals surface area contributed by atoms with Gasteiger partial charge in [-0.1, -0.05) is 0 Å². The number of methoxy groups -OCH3 is 1. The van der Waals surface area contributed by atoms with Crippen molar-refractivity contribution in [3.8, 4) is 11.6 Å². The second kappa shape index (κ2) is 4.66. The molecule has 0 atom stereocenters. The van der Waals surface area contributed by atoms with Crippen LogP contribution in [0.4, 0.5) is 13.2 Å². The molecule has 1 rings (SSSR count). The molecule has 0 bridgehead atoms. The second-order valence-corrected chi connectivity index (χ2v) is 3.07. The molecule has 0 saturated carbocycles. The molecule has 0 amide bonds. The Labute approximate surface area is 97.1 Å². The zero-order valence-electron chi connectivity index (χ0n) is 8.22. The van der Waals surface area contributed by atoms with Gasteiger partial charge in [-0.15, -0.1) is 13.2 Å². The quantitative estimate of drug-likeness (QED) is 0.849. The molecule has 0 unspecified atom stereocenters. The van der Waals surface area contributed by atoms with Crippen LogP contribution in [0.3, 0.4) is 0 Å². The van der Waals surface area contributed by atoms with Crippen molar-refractivity contribution in [3.63, 3.8) is 0 Å². The van der Waals surface area contributed by atoms with E-state index in [2.05, 4.69) is 9.47 Å². The maximum atomic E-state index is 11.9. The summed E-state index contributed by atoms with van der Waals surface area (Å²) in [4.78, 5) is 24.1. The van der Waals surface area contributed by atoms with Crippen LogP contribution in [0.25, 0.3) is 0 Å². The third-order valence-corrected chi connectivity index (χ3v) is 1.78. The van der Waals surface area contributed by atoms with Crippen LogP contribution in [0.5, 0.6) is 11.6 Å². The van der Waals surface area contributed by atoms with E-state index in [4.69, 9.17) is 11.6 Å². The van der Waals surface area contributed by atoms with Crippen molar-refractivity contribution in [1.82, 2.24) is 4.98 Å². The monoisotopic (exact) mass is 271 g/mol. The van der Waals surface area contributed by atoms with Gasteiger partial charge < -0.3 is 14.5 Å². The molecule has 0 aliphatic heterocycles. The molecule has 0 spiro atoms. The van der Waals surface area contributed by atoms with Gasteiger partial charge in [0.15, 0.2) is 5.75 Å². The number of nitrogens with one attached hydrogen (secondary N) is 1. The summed E-state index contributed by atoms with van der Waals surface area (Å²) in [5.74, 6) is -1.44. The molecule has 0 aliphatic rings. The Kier molecular flexibility index (Phi) is 3.66. The van der Waals surface area contributed by atoms with E-state index in [1.165, 1.54) is 0 Å². The fourth-order valence-corrected chi connectivity index (χ4v) is 1.18. The number of carbonyl (C=O) groups is 1. The number of H-pyrrole nitrogens is 1. The van der Waals surface area contributed by atoms with Gasteiger partial charge in [-0.05, 0) is 11.6 Å². The lowest BCUT2D eigenvalue weighted by Crippen LogP contribution is -2.21. The Morgan fingerprint density at radius 2 is 2.06 bits per heavy atom. The van der Waals surface area contributed by atoms with Gasteiger partial charge in [-0.2, -0.15) is 0 Å². The molecule has 1 aromatic rings. The van der Waals surface area contributed by atoms with E-state index >= 15 is 0 Å². The van der Waals surface area contributed by atoms with Crippen molar-refractivity contribution in [3.05, 3.63) is 22.0 Å². The van der Waals surface area contributed by atoms with Crippen LogP contribution in [-0.4, -0.2) is 23.7 Å². The zero-order valence-corrected chi connectivity index (χ0v) is 8.98. The summed E-state index contributed by atoms with van der Waals surface area (Å²) in [6.07, 6.45) is -5.00. The topological polar surface area (TPSA) is 68.4 Å². The highest BCUT2D eigenvalue weighted by atomic mass is 35.5. The molecule has 0 aromatic carbocycles. The standard InChI is InChI=1S/C8H5ClF3NO4/c1-16-6-3(14)2-4(17-8(10,11)12)13-5(6)7(9)15/h2H,1H3,(H,13,14). The molecule has 1 aromatic heterocycles. The molecule has 0 saturated heterocycles. The molecule has 1 heterocycles. The Morgan fingerprint density at radius 3 is 2.47 bits per heavy atom. The predicted molar refractivity (Wildman–Crippen MR) is 50.5 cm³/mol. The lowest BCUT2D eigenvalue weighted by molar-refractivity contribution is -0.276. The van der Waals surface area contributed by atoms with E-state index in [0.717, 1.165) is 7.11 Å². The van der Waals surface area contributed by atoms with Gasteiger partial charge in [-0.3, -0.25) is 9.59 Å². The first-order valence-electron chi connectivity index (χ1n) is 4.01. The first-order chi connectivity index (χ1) is 7.74. The lowest BCUT2D eigenvalue weighted by atomic mass is 10.3. The number of halogens is 4. The molecular weight excluding hydrogens is 267 g/mol. The highest BCUT2D eigenvalue weighted by molar-refractivity contribution is 6.67. The summed E-state index contributed by atoms with van der Waals surface area (Å²) < 4.78 is 43.7. The average Bonchev–Trinajstić information content (AvgIpc) is 2.13. The molecular formula is C8H5ClF3NO4. The maximum absolute atomic E-state index is 11.9. The summed E-state index contributed by atoms with van der Waals surface area (Å²) >= 11 is 5.08. The van der Waals surface area contributed by atoms with E-state index in [1.807, 2.05) is 4.98 Å². The predicted octanol–water partition coefficient (Wildman–Crippen LogP) is 1.66. The first-order valence-corrected chi connectivity index (χ1v) is 4.39. The van der Waals surface area contributed by atoms with Crippen molar-refractivity contribution >= 4 is 16.8 Å². The minimum atomic E-state index is -5.00. The number of hydrogen-bond donors (Lipinski definition) is 1. The van der Waals surface area contributed by atoms with E-state index in [1.54, 1.807) is 0 Å². The number of rotatable bonds is 3. The van der Waals surface area contributed by atoms with Crippen molar-refractivity contribution in [2.24, 2.45) is 0 Å². The first kappa shape index (κ1) is 13.4. The molecule has 0 radical (unpaired) electrons.